The Morgan fingerprint density at radius 3 is 2.47 bits per heavy atom. The first-order valence-electron chi connectivity index (χ1n) is 6.36. The molecule has 0 radical (unpaired) electrons. The van der Waals surface area contributed by atoms with Gasteiger partial charge < -0.3 is 15.7 Å². The lowest BCUT2D eigenvalue weighted by molar-refractivity contribution is 0.0130. The molecule has 100 valence electrons. The molecule has 4 nitrogen and oxygen atoms in total. The molecule has 0 amide bonds. The SMILES string of the molecule is CN(C(N)=NCC1(O)CCCCC1)C1CC1.I. The Labute approximate surface area is 121 Å². The summed E-state index contributed by atoms with van der Waals surface area (Å²) >= 11 is 0. The van der Waals surface area contributed by atoms with E-state index in [1.54, 1.807) is 0 Å². The molecular formula is C12H24IN3O. The van der Waals surface area contributed by atoms with Crippen molar-refractivity contribution in [1.82, 2.24) is 4.90 Å². The molecule has 2 aliphatic rings. The highest BCUT2D eigenvalue weighted by Gasteiger charge is 2.30. The number of hydrogen-bond donors (Lipinski definition) is 2. The maximum atomic E-state index is 10.3. The van der Waals surface area contributed by atoms with Crippen molar-refractivity contribution in [3.05, 3.63) is 0 Å². The molecule has 0 atom stereocenters. The zero-order valence-electron chi connectivity index (χ0n) is 10.6. The van der Waals surface area contributed by atoms with Gasteiger partial charge in [0.05, 0.1) is 12.1 Å². The highest BCUT2D eigenvalue weighted by atomic mass is 127. The van der Waals surface area contributed by atoms with Gasteiger partial charge in [0.25, 0.3) is 0 Å². The van der Waals surface area contributed by atoms with Crippen LogP contribution >= 0.6 is 24.0 Å². The van der Waals surface area contributed by atoms with Gasteiger partial charge in [-0.05, 0) is 25.7 Å². The van der Waals surface area contributed by atoms with Crippen molar-refractivity contribution in [1.29, 1.82) is 0 Å². The smallest absolute Gasteiger partial charge is 0.191 e. The number of nitrogens with two attached hydrogens (primary N) is 1. The van der Waals surface area contributed by atoms with Crippen LogP contribution in [0.1, 0.15) is 44.9 Å². The predicted molar refractivity (Wildman–Crippen MR) is 80.7 cm³/mol. The first kappa shape index (κ1) is 15.0. The first-order chi connectivity index (χ1) is 7.61. The van der Waals surface area contributed by atoms with Gasteiger partial charge in [-0.15, -0.1) is 24.0 Å². The minimum absolute atomic E-state index is 0. The van der Waals surface area contributed by atoms with Gasteiger partial charge >= 0.3 is 0 Å². The summed E-state index contributed by atoms with van der Waals surface area (Å²) in [5, 5.41) is 10.3. The van der Waals surface area contributed by atoms with Crippen molar-refractivity contribution in [3.63, 3.8) is 0 Å². The Hall–Kier alpha value is -0.0400. The number of rotatable bonds is 3. The zero-order valence-corrected chi connectivity index (χ0v) is 12.9. The van der Waals surface area contributed by atoms with Gasteiger partial charge in [-0.3, -0.25) is 4.99 Å². The second kappa shape index (κ2) is 6.22. The van der Waals surface area contributed by atoms with Gasteiger partial charge in [-0.25, -0.2) is 0 Å². The average molecular weight is 353 g/mol. The number of halogens is 1. The topological polar surface area (TPSA) is 61.8 Å². The Morgan fingerprint density at radius 2 is 1.94 bits per heavy atom. The van der Waals surface area contributed by atoms with Crippen LogP contribution in [0, 0.1) is 0 Å². The Bertz CT molecular complexity index is 273. The predicted octanol–water partition coefficient (Wildman–Crippen LogP) is 1.71. The van der Waals surface area contributed by atoms with E-state index in [1.165, 1.54) is 19.3 Å². The summed E-state index contributed by atoms with van der Waals surface area (Å²) in [6.45, 7) is 0.468. The van der Waals surface area contributed by atoms with Crippen molar-refractivity contribution in [2.45, 2.75) is 56.6 Å². The van der Waals surface area contributed by atoms with Crippen molar-refractivity contribution in [2.75, 3.05) is 13.6 Å². The van der Waals surface area contributed by atoms with Crippen LogP contribution < -0.4 is 5.73 Å². The van der Waals surface area contributed by atoms with Gasteiger partial charge in [0.15, 0.2) is 5.96 Å². The molecule has 2 saturated carbocycles. The van der Waals surface area contributed by atoms with Crippen molar-refractivity contribution < 1.29 is 5.11 Å². The molecule has 0 unspecified atom stereocenters. The van der Waals surface area contributed by atoms with E-state index in [0.29, 0.717) is 18.5 Å². The minimum Gasteiger partial charge on any atom is -0.388 e. The molecule has 0 aromatic rings. The number of aliphatic imine (C=N–C) groups is 1. The molecule has 0 aliphatic heterocycles. The van der Waals surface area contributed by atoms with Crippen LogP contribution in [0.2, 0.25) is 0 Å². The largest absolute Gasteiger partial charge is 0.388 e. The van der Waals surface area contributed by atoms with Crippen LogP contribution in [0.15, 0.2) is 4.99 Å². The Kier molecular flexibility index (Phi) is 5.50. The average Bonchev–Trinajstić information content (AvgIpc) is 3.10. The number of aliphatic hydroxyl groups is 1. The second-order valence-corrected chi connectivity index (χ2v) is 5.30. The summed E-state index contributed by atoms with van der Waals surface area (Å²) in [5.74, 6) is 0.585. The van der Waals surface area contributed by atoms with E-state index in [1.807, 2.05) is 11.9 Å². The number of hydrogen-bond acceptors (Lipinski definition) is 2. The molecule has 0 saturated heterocycles. The normalized spacial score (nSPS) is 24.0. The lowest BCUT2D eigenvalue weighted by atomic mass is 9.85. The highest BCUT2D eigenvalue weighted by molar-refractivity contribution is 14.0. The number of nitrogens with zero attached hydrogens (tertiary/aromatic N) is 2. The molecule has 2 fully saturated rings. The van der Waals surface area contributed by atoms with E-state index >= 15 is 0 Å². The van der Waals surface area contributed by atoms with Crippen LogP contribution in [-0.4, -0.2) is 41.2 Å². The van der Waals surface area contributed by atoms with Gasteiger partial charge in [-0.2, -0.15) is 0 Å². The summed E-state index contributed by atoms with van der Waals surface area (Å²) in [5.41, 5.74) is 5.31. The van der Waals surface area contributed by atoms with E-state index in [9.17, 15) is 5.11 Å². The van der Waals surface area contributed by atoms with Crippen LogP contribution in [0.5, 0.6) is 0 Å². The molecule has 2 rings (SSSR count). The van der Waals surface area contributed by atoms with Crippen molar-refractivity contribution in [3.8, 4) is 0 Å². The van der Waals surface area contributed by atoms with E-state index in [0.717, 1.165) is 25.7 Å². The van der Waals surface area contributed by atoms with Gasteiger partial charge in [0.2, 0.25) is 0 Å². The molecule has 5 heteroatoms. The molecule has 17 heavy (non-hydrogen) atoms. The Morgan fingerprint density at radius 1 is 1.35 bits per heavy atom. The zero-order chi connectivity index (χ0) is 11.6. The quantitative estimate of drug-likeness (QED) is 0.461. The van der Waals surface area contributed by atoms with Gasteiger partial charge in [-0.1, -0.05) is 19.3 Å². The third-order valence-electron chi connectivity index (χ3n) is 3.78. The standard InChI is InChI=1S/C12H23N3O.HI/c1-15(10-5-6-10)11(13)14-9-12(16)7-3-2-4-8-12;/h10,16H,2-9H2,1H3,(H2,13,14);1H. The molecular weight excluding hydrogens is 329 g/mol. The van der Waals surface area contributed by atoms with E-state index < -0.39 is 5.60 Å². The lowest BCUT2D eigenvalue weighted by Crippen LogP contribution is -2.39. The lowest BCUT2D eigenvalue weighted by Gasteiger charge is -2.30. The second-order valence-electron chi connectivity index (χ2n) is 5.30. The van der Waals surface area contributed by atoms with Crippen molar-refractivity contribution in [2.24, 2.45) is 10.7 Å². The molecule has 0 bridgehead atoms. The van der Waals surface area contributed by atoms with Crippen LogP contribution in [-0.2, 0) is 0 Å². The maximum Gasteiger partial charge on any atom is 0.191 e. The summed E-state index contributed by atoms with van der Waals surface area (Å²) in [4.78, 5) is 6.39. The van der Waals surface area contributed by atoms with Crippen LogP contribution in [0.4, 0.5) is 0 Å². The molecule has 3 N–H and O–H groups in total. The fourth-order valence-electron chi connectivity index (χ4n) is 2.36. The maximum absolute atomic E-state index is 10.3. The molecule has 2 aliphatic carbocycles. The van der Waals surface area contributed by atoms with Crippen molar-refractivity contribution >= 4 is 29.9 Å². The summed E-state index contributed by atoms with van der Waals surface area (Å²) in [6.07, 6.45) is 7.65. The van der Waals surface area contributed by atoms with Gasteiger partial charge in [0, 0.05) is 13.1 Å². The summed E-state index contributed by atoms with van der Waals surface area (Å²) in [7, 11) is 1.99. The minimum atomic E-state index is -0.590. The third-order valence-corrected chi connectivity index (χ3v) is 3.78. The molecule has 0 spiro atoms. The summed E-state index contributed by atoms with van der Waals surface area (Å²) < 4.78 is 0. The summed E-state index contributed by atoms with van der Waals surface area (Å²) in [6, 6.07) is 0.588. The van der Waals surface area contributed by atoms with E-state index in [2.05, 4.69) is 4.99 Å². The van der Waals surface area contributed by atoms with Crippen LogP contribution in [0.25, 0.3) is 0 Å². The monoisotopic (exact) mass is 353 g/mol. The van der Waals surface area contributed by atoms with Gasteiger partial charge in [0.1, 0.15) is 0 Å². The Balaban J connectivity index is 0.00000144. The third kappa shape index (κ3) is 4.28. The first-order valence-corrected chi connectivity index (χ1v) is 6.36. The molecule has 0 heterocycles. The fourth-order valence-corrected chi connectivity index (χ4v) is 2.36. The van der Waals surface area contributed by atoms with Crippen LogP contribution in [0.3, 0.4) is 0 Å². The highest BCUT2D eigenvalue weighted by Crippen LogP contribution is 2.28. The fraction of sp³-hybridized carbons (Fsp3) is 0.917. The van der Waals surface area contributed by atoms with E-state index in [-0.39, 0.29) is 24.0 Å². The number of guanidine groups is 1. The molecule has 0 aromatic carbocycles. The van der Waals surface area contributed by atoms with E-state index in [4.69, 9.17) is 5.73 Å². The molecule has 0 aromatic heterocycles.